The summed E-state index contributed by atoms with van der Waals surface area (Å²) in [5, 5.41) is 2.52. The molecule has 124 valence electrons. The van der Waals surface area contributed by atoms with Gasteiger partial charge in [0.05, 0.1) is 0 Å². The molecule has 1 amide bonds. The van der Waals surface area contributed by atoms with Gasteiger partial charge in [0, 0.05) is 20.8 Å². The minimum absolute atomic E-state index is 0.712. The van der Waals surface area contributed by atoms with Gasteiger partial charge in [-0.25, -0.2) is 0 Å². The molecule has 1 aromatic rings. The molecule has 0 unspecified atom stereocenters. The van der Waals surface area contributed by atoms with Crippen molar-refractivity contribution in [2.45, 2.75) is 53.9 Å². The van der Waals surface area contributed by atoms with Crippen LogP contribution >= 0.6 is 0 Å². The second-order valence-corrected chi connectivity index (χ2v) is 4.16. The number of rotatable bonds is 5. The van der Waals surface area contributed by atoms with Crippen molar-refractivity contribution >= 4 is 6.41 Å². The first-order valence-electron chi connectivity index (χ1n) is 7.79. The smallest absolute Gasteiger partial charge is 0.207 e. The predicted molar refractivity (Wildman–Crippen MR) is 93.8 cm³/mol. The van der Waals surface area contributed by atoms with Crippen molar-refractivity contribution < 1.29 is 9.53 Å². The molecule has 0 aromatic heterocycles. The van der Waals surface area contributed by atoms with Crippen LogP contribution in [0.2, 0.25) is 0 Å². The number of carbonyl (C=O) groups excluding carboxylic acids is 1. The normalized spacial score (nSPS) is 7.95. The van der Waals surface area contributed by atoms with Gasteiger partial charge in [-0.2, -0.15) is 0 Å². The van der Waals surface area contributed by atoms with Crippen LogP contribution in [0.1, 0.15) is 51.7 Å². The van der Waals surface area contributed by atoms with Crippen LogP contribution in [0.3, 0.4) is 0 Å². The van der Waals surface area contributed by atoms with Crippen LogP contribution in [0.4, 0.5) is 0 Å². The molecule has 0 aliphatic rings. The van der Waals surface area contributed by atoms with Crippen molar-refractivity contribution in [3.05, 3.63) is 35.4 Å². The van der Waals surface area contributed by atoms with E-state index in [0.29, 0.717) is 6.41 Å². The van der Waals surface area contributed by atoms with Crippen molar-refractivity contribution in [3.63, 3.8) is 0 Å². The number of hydrogen-bond donors (Lipinski definition) is 1. The van der Waals surface area contributed by atoms with E-state index < -0.39 is 0 Å². The molecule has 0 fully saturated rings. The van der Waals surface area contributed by atoms with E-state index in [1.54, 1.807) is 14.2 Å². The van der Waals surface area contributed by atoms with E-state index in [2.05, 4.69) is 48.2 Å². The Balaban J connectivity index is -0.000000253. The Morgan fingerprint density at radius 2 is 1.62 bits per heavy atom. The minimum Gasteiger partial charge on any atom is -0.388 e. The highest BCUT2D eigenvalue weighted by molar-refractivity contribution is 5.45. The number of benzene rings is 1. The molecule has 1 rings (SSSR count). The summed E-state index contributed by atoms with van der Waals surface area (Å²) in [6, 6.07) is 8.58. The molecule has 0 atom stereocenters. The van der Waals surface area contributed by atoms with E-state index in [1.807, 2.05) is 20.8 Å². The van der Waals surface area contributed by atoms with Gasteiger partial charge in [-0.1, -0.05) is 58.4 Å². The first-order valence-corrected chi connectivity index (χ1v) is 7.79. The molecule has 3 nitrogen and oxygen atoms in total. The molecule has 1 N–H and O–H groups in total. The fourth-order valence-electron chi connectivity index (χ4n) is 1.36. The minimum atomic E-state index is 0.712. The summed E-state index contributed by atoms with van der Waals surface area (Å²) >= 11 is 0. The highest BCUT2D eigenvalue weighted by Crippen LogP contribution is 2.08. The average Bonchev–Trinajstić information content (AvgIpc) is 2.51. The summed E-state index contributed by atoms with van der Waals surface area (Å²) in [6.07, 6.45) is 4.18. The standard InChI is InChI=1S/C10H14.C4H9NO.C2H6O.C2H6/c1-3-6-10-8-5-4-7-9(10)2;1-2-3-5-4-6;1-3-2;1-2/h4-5,7-8H,3,6H2,1-2H3;4H,2-3H2,1H3,(H,5,6);1-2H3;1-2H3. The zero-order chi connectivity index (χ0) is 16.9. The van der Waals surface area contributed by atoms with Crippen molar-refractivity contribution in [3.8, 4) is 0 Å². The summed E-state index contributed by atoms with van der Waals surface area (Å²) in [4.78, 5) is 9.45. The third-order valence-electron chi connectivity index (χ3n) is 2.26. The van der Waals surface area contributed by atoms with E-state index in [4.69, 9.17) is 0 Å². The fourth-order valence-corrected chi connectivity index (χ4v) is 1.36. The van der Waals surface area contributed by atoms with Crippen LogP contribution in [0.15, 0.2) is 24.3 Å². The van der Waals surface area contributed by atoms with Crippen LogP contribution in [0.25, 0.3) is 0 Å². The number of amides is 1. The highest BCUT2D eigenvalue weighted by atomic mass is 16.4. The summed E-state index contributed by atoms with van der Waals surface area (Å²) in [7, 11) is 3.25. The zero-order valence-corrected chi connectivity index (χ0v) is 15.0. The molecular formula is C18H35NO2. The molecule has 21 heavy (non-hydrogen) atoms. The molecule has 0 bridgehead atoms. The number of aryl methyl sites for hydroxylation is 2. The van der Waals surface area contributed by atoms with E-state index in [1.165, 1.54) is 24.0 Å². The molecule has 0 saturated carbocycles. The van der Waals surface area contributed by atoms with Gasteiger partial charge in [0.25, 0.3) is 0 Å². The topological polar surface area (TPSA) is 38.3 Å². The summed E-state index contributed by atoms with van der Waals surface area (Å²) in [5.74, 6) is 0. The second-order valence-electron chi connectivity index (χ2n) is 4.16. The fraction of sp³-hybridized carbons (Fsp3) is 0.611. The lowest BCUT2D eigenvalue weighted by atomic mass is 10.1. The first-order chi connectivity index (χ1) is 10.2. The second kappa shape index (κ2) is 23.7. The highest BCUT2D eigenvalue weighted by Gasteiger charge is 1.92. The number of hydrogen-bond acceptors (Lipinski definition) is 2. The lowest BCUT2D eigenvalue weighted by Gasteiger charge is -2.01. The predicted octanol–water partition coefficient (Wildman–Crippen LogP) is 4.38. The van der Waals surface area contributed by atoms with Gasteiger partial charge in [0.15, 0.2) is 0 Å². The maximum atomic E-state index is 9.45. The summed E-state index contributed by atoms with van der Waals surface area (Å²) < 4.78 is 4.25. The maximum Gasteiger partial charge on any atom is 0.207 e. The zero-order valence-electron chi connectivity index (χ0n) is 15.0. The van der Waals surface area contributed by atoms with Gasteiger partial charge in [-0.15, -0.1) is 0 Å². The molecule has 0 spiro atoms. The van der Waals surface area contributed by atoms with Gasteiger partial charge in [0.1, 0.15) is 0 Å². The molecule has 1 aromatic carbocycles. The Bertz CT molecular complexity index is 301. The largest absolute Gasteiger partial charge is 0.388 e. The van der Waals surface area contributed by atoms with E-state index in [0.717, 1.165) is 13.0 Å². The van der Waals surface area contributed by atoms with Crippen LogP contribution in [0.5, 0.6) is 0 Å². The maximum absolute atomic E-state index is 9.45. The van der Waals surface area contributed by atoms with Gasteiger partial charge in [0.2, 0.25) is 6.41 Å². The molecule has 0 radical (unpaired) electrons. The molecule has 3 heteroatoms. The quantitative estimate of drug-likeness (QED) is 0.647. The number of nitrogens with one attached hydrogen (secondary N) is 1. The molecule has 0 heterocycles. The molecule has 0 aliphatic carbocycles. The molecule has 0 saturated heterocycles. The van der Waals surface area contributed by atoms with Crippen molar-refractivity contribution in [1.82, 2.24) is 5.32 Å². The van der Waals surface area contributed by atoms with Crippen LogP contribution in [-0.2, 0) is 16.0 Å². The van der Waals surface area contributed by atoms with Crippen molar-refractivity contribution in [2.24, 2.45) is 0 Å². The van der Waals surface area contributed by atoms with Crippen molar-refractivity contribution in [1.29, 1.82) is 0 Å². The van der Waals surface area contributed by atoms with Gasteiger partial charge in [-0.3, -0.25) is 4.79 Å². The molecule has 0 aliphatic heterocycles. The Labute approximate surface area is 132 Å². The first kappa shape index (κ1) is 24.7. The van der Waals surface area contributed by atoms with E-state index in [-0.39, 0.29) is 0 Å². The Morgan fingerprint density at radius 1 is 1.10 bits per heavy atom. The third-order valence-corrected chi connectivity index (χ3v) is 2.26. The van der Waals surface area contributed by atoms with Crippen LogP contribution < -0.4 is 5.32 Å². The van der Waals surface area contributed by atoms with Gasteiger partial charge in [-0.05, 0) is 30.9 Å². The summed E-state index contributed by atoms with van der Waals surface area (Å²) in [6.45, 7) is 11.2. The average molecular weight is 297 g/mol. The van der Waals surface area contributed by atoms with E-state index in [9.17, 15) is 4.79 Å². The third kappa shape index (κ3) is 21.1. The Kier molecular flexibility index (Phi) is 27.8. The van der Waals surface area contributed by atoms with Crippen LogP contribution in [0, 0.1) is 6.92 Å². The summed E-state index contributed by atoms with van der Waals surface area (Å²) in [5.41, 5.74) is 2.91. The lowest BCUT2D eigenvalue weighted by molar-refractivity contribution is -0.109. The van der Waals surface area contributed by atoms with Gasteiger partial charge >= 0.3 is 0 Å². The number of ether oxygens (including phenoxy) is 1. The number of methoxy groups -OCH3 is 1. The van der Waals surface area contributed by atoms with Crippen molar-refractivity contribution in [2.75, 3.05) is 20.8 Å². The Hall–Kier alpha value is -1.35. The number of carbonyl (C=O) groups is 1. The lowest BCUT2D eigenvalue weighted by Crippen LogP contribution is -2.10. The molecular weight excluding hydrogens is 262 g/mol. The van der Waals surface area contributed by atoms with E-state index >= 15 is 0 Å². The SMILES string of the molecule is CC.CCCNC=O.CCCc1ccccc1C.COC. The Morgan fingerprint density at radius 3 is 1.95 bits per heavy atom. The van der Waals surface area contributed by atoms with Gasteiger partial charge < -0.3 is 10.1 Å². The monoisotopic (exact) mass is 297 g/mol. The van der Waals surface area contributed by atoms with Crippen LogP contribution in [-0.4, -0.2) is 27.2 Å².